The van der Waals surface area contributed by atoms with Gasteiger partial charge in [0.1, 0.15) is 11.5 Å². The predicted molar refractivity (Wildman–Crippen MR) is 127 cm³/mol. The maximum atomic E-state index is 10.6. The summed E-state index contributed by atoms with van der Waals surface area (Å²) in [7, 11) is 0. The first-order valence-electron chi connectivity index (χ1n) is 10.7. The monoisotopic (exact) mass is 414 g/mol. The van der Waals surface area contributed by atoms with Crippen molar-refractivity contribution in [3.63, 3.8) is 0 Å². The van der Waals surface area contributed by atoms with Crippen LogP contribution in [0.25, 0.3) is 0 Å². The zero-order valence-electron chi connectivity index (χ0n) is 19.4. The Bertz CT molecular complexity index is 783. The number of hydrogen-bond donors (Lipinski definition) is 2. The highest BCUT2D eigenvalue weighted by Crippen LogP contribution is 2.37. The topological polar surface area (TPSA) is 40.5 Å². The van der Waals surface area contributed by atoms with Crippen LogP contribution in [0.4, 0.5) is 0 Å². The minimum atomic E-state index is -0.0801. The molecule has 0 heterocycles. The summed E-state index contributed by atoms with van der Waals surface area (Å²) in [6, 6.07) is 8.62. The Morgan fingerprint density at radius 2 is 1.00 bits per heavy atom. The van der Waals surface area contributed by atoms with Crippen LogP contribution in [0.15, 0.2) is 24.3 Å². The average Bonchev–Trinajstić information content (AvgIpc) is 2.61. The molecule has 0 radical (unpaired) electrons. The molecule has 29 heavy (non-hydrogen) atoms. The van der Waals surface area contributed by atoms with Crippen LogP contribution in [0, 0.1) is 0 Å². The summed E-state index contributed by atoms with van der Waals surface area (Å²) in [6.45, 7) is 17.1. The normalized spacial score (nSPS) is 12.4. The van der Waals surface area contributed by atoms with Gasteiger partial charge in [-0.25, -0.2) is 0 Å². The highest BCUT2D eigenvalue weighted by molar-refractivity contribution is 7.97. The molecule has 0 aliphatic rings. The third-order valence-corrected chi connectivity index (χ3v) is 6.49. The van der Waals surface area contributed by atoms with Gasteiger partial charge in [0.2, 0.25) is 0 Å². The average molecular weight is 415 g/mol. The van der Waals surface area contributed by atoms with E-state index in [1.807, 2.05) is 11.8 Å². The molecule has 2 nitrogen and oxygen atoms in total. The second-order valence-electron chi connectivity index (χ2n) is 10.0. The third-order valence-electron chi connectivity index (χ3n) is 5.41. The number of phenols is 2. The van der Waals surface area contributed by atoms with E-state index in [9.17, 15) is 10.2 Å². The summed E-state index contributed by atoms with van der Waals surface area (Å²) >= 11 is 1.88. The highest BCUT2D eigenvalue weighted by atomic mass is 32.2. The summed E-state index contributed by atoms with van der Waals surface area (Å²) < 4.78 is 0. The largest absolute Gasteiger partial charge is 0.507 e. The van der Waals surface area contributed by atoms with Gasteiger partial charge in [0.15, 0.2) is 0 Å². The van der Waals surface area contributed by atoms with E-state index in [1.54, 1.807) is 0 Å². The number of aryl methyl sites for hydroxylation is 2. The molecule has 2 aromatic carbocycles. The first-order valence-corrected chi connectivity index (χ1v) is 11.8. The van der Waals surface area contributed by atoms with Gasteiger partial charge in [-0.05, 0) is 57.1 Å². The molecule has 0 amide bonds. The Kier molecular flexibility index (Phi) is 7.37. The molecule has 2 rings (SSSR count). The molecule has 3 heteroatoms. The van der Waals surface area contributed by atoms with Gasteiger partial charge in [-0.1, -0.05) is 79.7 Å². The first-order chi connectivity index (χ1) is 13.4. The van der Waals surface area contributed by atoms with Crippen molar-refractivity contribution in [3.8, 4) is 11.5 Å². The van der Waals surface area contributed by atoms with Crippen molar-refractivity contribution in [3.05, 3.63) is 57.6 Å². The minimum absolute atomic E-state index is 0.0801. The fraction of sp³-hybridized carbons (Fsp3) is 0.538. The summed E-state index contributed by atoms with van der Waals surface area (Å²) in [4.78, 5) is 0. The van der Waals surface area contributed by atoms with Crippen LogP contribution in [-0.4, -0.2) is 10.2 Å². The molecule has 0 spiro atoms. The first kappa shape index (κ1) is 23.7. The fourth-order valence-corrected chi connectivity index (χ4v) is 4.56. The van der Waals surface area contributed by atoms with Gasteiger partial charge in [-0.2, -0.15) is 11.8 Å². The van der Waals surface area contributed by atoms with E-state index in [0.717, 1.165) is 46.6 Å². The van der Waals surface area contributed by atoms with Crippen LogP contribution in [-0.2, 0) is 35.2 Å². The Morgan fingerprint density at radius 3 is 1.28 bits per heavy atom. The van der Waals surface area contributed by atoms with E-state index >= 15 is 0 Å². The SMILES string of the molecule is CCc1cc(CSCc2cc(CC)c(O)c(C(C)(C)C)c2)cc(C(C)(C)C)c1O. The lowest BCUT2D eigenvalue weighted by Gasteiger charge is -2.24. The van der Waals surface area contributed by atoms with Crippen molar-refractivity contribution in [2.75, 3.05) is 0 Å². The molecule has 2 aromatic rings. The molecule has 0 aliphatic heterocycles. The van der Waals surface area contributed by atoms with Gasteiger partial charge < -0.3 is 10.2 Å². The molecular formula is C26H38O2S. The van der Waals surface area contributed by atoms with Crippen LogP contribution in [0.2, 0.25) is 0 Å². The minimum Gasteiger partial charge on any atom is -0.507 e. The van der Waals surface area contributed by atoms with Crippen molar-refractivity contribution in [2.45, 2.75) is 90.6 Å². The quantitative estimate of drug-likeness (QED) is 0.523. The van der Waals surface area contributed by atoms with Crippen molar-refractivity contribution in [1.29, 1.82) is 0 Å². The van der Waals surface area contributed by atoms with Crippen molar-refractivity contribution in [2.24, 2.45) is 0 Å². The van der Waals surface area contributed by atoms with Gasteiger partial charge >= 0.3 is 0 Å². The number of aromatic hydroxyl groups is 2. The van der Waals surface area contributed by atoms with E-state index in [-0.39, 0.29) is 10.8 Å². The second-order valence-corrected chi connectivity index (χ2v) is 11.0. The van der Waals surface area contributed by atoms with Gasteiger partial charge in [0.05, 0.1) is 0 Å². The molecule has 0 saturated heterocycles. The van der Waals surface area contributed by atoms with E-state index < -0.39 is 0 Å². The predicted octanol–water partition coefficient (Wildman–Crippen LogP) is 7.25. The number of hydrogen-bond acceptors (Lipinski definition) is 3. The van der Waals surface area contributed by atoms with Crippen LogP contribution in [0.5, 0.6) is 11.5 Å². The number of thioether (sulfide) groups is 1. The van der Waals surface area contributed by atoms with E-state index in [0.29, 0.717) is 11.5 Å². The summed E-state index contributed by atoms with van der Waals surface area (Å²) in [6.07, 6.45) is 1.67. The maximum absolute atomic E-state index is 10.6. The summed E-state index contributed by atoms with van der Waals surface area (Å²) in [5.74, 6) is 2.72. The Morgan fingerprint density at radius 1 is 0.655 bits per heavy atom. The molecule has 0 bridgehead atoms. The van der Waals surface area contributed by atoms with Gasteiger partial charge in [0, 0.05) is 11.5 Å². The van der Waals surface area contributed by atoms with E-state index in [2.05, 4.69) is 79.7 Å². The van der Waals surface area contributed by atoms with Crippen LogP contribution < -0.4 is 0 Å². The molecule has 0 atom stereocenters. The molecule has 160 valence electrons. The number of rotatable bonds is 6. The Labute approximate surface area is 181 Å². The van der Waals surface area contributed by atoms with Crippen molar-refractivity contribution >= 4 is 11.8 Å². The van der Waals surface area contributed by atoms with Gasteiger partial charge in [-0.15, -0.1) is 0 Å². The van der Waals surface area contributed by atoms with Crippen LogP contribution in [0.3, 0.4) is 0 Å². The molecule has 2 N–H and O–H groups in total. The summed E-state index contributed by atoms with van der Waals surface area (Å²) in [5, 5.41) is 21.2. The molecule has 0 unspecified atom stereocenters. The van der Waals surface area contributed by atoms with E-state index in [4.69, 9.17) is 0 Å². The van der Waals surface area contributed by atoms with Crippen LogP contribution in [0.1, 0.15) is 88.8 Å². The lowest BCUT2D eigenvalue weighted by atomic mass is 9.84. The fourth-order valence-electron chi connectivity index (χ4n) is 3.66. The van der Waals surface area contributed by atoms with Crippen molar-refractivity contribution < 1.29 is 10.2 Å². The second kappa shape index (κ2) is 9.04. The van der Waals surface area contributed by atoms with Crippen molar-refractivity contribution in [1.82, 2.24) is 0 Å². The summed E-state index contributed by atoms with van der Waals surface area (Å²) in [5.41, 5.74) is 6.48. The Balaban J connectivity index is 2.24. The number of phenolic OH excluding ortho intramolecular Hbond substituents is 2. The zero-order valence-corrected chi connectivity index (χ0v) is 20.3. The van der Waals surface area contributed by atoms with Gasteiger partial charge in [-0.3, -0.25) is 0 Å². The lowest BCUT2D eigenvalue weighted by molar-refractivity contribution is 0.440. The van der Waals surface area contributed by atoms with E-state index in [1.165, 1.54) is 11.1 Å². The standard InChI is InChI=1S/C26H38O2S/c1-9-19-11-17(13-21(23(19)27)25(3,4)5)15-29-16-18-12-20(10-2)24(28)22(14-18)26(6,7)8/h11-14,27-28H,9-10,15-16H2,1-8H3. The number of benzene rings is 2. The highest BCUT2D eigenvalue weighted by Gasteiger charge is 2.22. The molecule has 0 saturated carbocycles. The molecular weight excluding hydrogens is 376 g/mol. The maximum Gasteiger partial charge on any atom is 0.122 e. The molecule has 0 aliphatic carbocycles. The third kappa shape index (κ3) is 5.72. The smallest absolute Gasteiger partial charge is 0.122 e. The lowest BCUT2D eigenvalue weighted by Crippen LogP contribution is -2.13. The molecule has 0 fully saturated rings. The van der Waals surface area contributed by atoms with Gasteiger partial charge in [0.25, 0.3) is 0 Å². The molecule has 0 aromatic heterocycles. The Hall–Kier alpha value is -1.61. The zero-order chi connectivity index (χ0) is 22.0. The van der Waals surface area contributed by atoms with Crippen LogP contribution >= 0.6 is 11.8 Å².